The second-order valence-electron chi connectivity index (χ2n) is 7.87. The third-order valence-electron chi connectivity index (χ3n) is 5.50. The van der Waals surface area contributed by atoms with Crippen LogP contribution in [0.2, 0.25) is 5.02 Å². The van der Waals surface area contributed by atoms with Gasteiger partial charge in [0.1, 0.15) is 5.75 Å². The molecule has 4 unspecified atom stereocenters. The Labute approximate surface area is 187 Å². The fourth-order valence-electron chi connectivity index (χ4n) is 4.38. The van der Waals surface area contributed by atoms with E-state index in [0.29, 0.717) is 20.8 Å². The van der Waals surface area contributed by atoms with Gasteiger partial charge in [0.05, 0.1) is 28.6 Å². The molecule has 3 aliphatic rings. The van der Waals surface area contributed by atoms with E-state index in [-0.39, 0.29) is 48.2 Å². The first-order valence-electron chi connectivity index (χ1n) is 9.67. The molecule has 0 spiro atoms. The number of halogens is 2. The molecule has 0 radical (unpaired) electrons. The van der Waals surface area contributed by atoms with Crippen LogP contribution in [0.25, 0.3) is 0 Å². The smallest absolute Gasteiger partial charge is 0.344 e. The number of carbonyl (C=O) groups excluding carboxylic acids is 3. The minimum Gasteiger partial charge on any atom is -0.480 e. The molecule has 30 heavy (non-hydrogen) atoms. The van der Waals surface area contributed by atoms with Gasteiger partial charge in [-0.2, -0.15) is 10.1 Å². The average Bonchev–Trinajstić information content (AvgIpc) is 3.33. The highest BCUT2D eigenvalue weighted by Gasteiger charge is 2.59. The van der Waals surface area contributed by atoms with E-state index >= 15 is 0 Å². The van der Waals surface area contributed by atoms with Gasteiger partial charge in [-0.25, -0.2) is 4.79 Å². The number of allylic oxidation sites excluding steroid dienone is 2. The highest BCUT2D eigenvalue weighted by Crippen LogP contribution is 2.52. The van der Waals surface area contributed by atoms with Gasteiger partial charge in [0.15, 0.2) is 6.61 Å². The number of hydrogen-bond donors (Lipinski definition) is 0. The largest absolute Gasteiger partial charge is 0.480 e. The molecule has 0 N–H and O–H groups in total. The van der Waals surface area contributed by atoms with Crippen LogP contribution in [0.4, 0.5) is 0 Å². The van der Waals surface area contributed by atoms with E-state index in [1.807, 2.05) is 12.2 Å². The molecular formula is C21H20BrClN2O5. The second-order valence-corrected chi connectivity index (χ2v) is 9.16. The average molecular weight is 496 g/mol. The summed E-state index contributed by atoms with van der Waals surface area (Å²) in [6.45, 7) is 3.19. The minimum absolute atomic E-state index is 0.114. The lowest BCUT2D eigenvalue weighted by Gasteiger charge is -2.14. The Morgan fingerprint density at radius 2 is 1.90 bits per heavy atom. The second kappa shape index (κ2) is 8.15. The predicted molar refractivity (Wildman–Crippen MR) is 113 cm³/mol. The summed E-state index contributed by atoms with van der Waals surface area (Å²) in [5.41, 5.74) is 0.422. The number of fused-ring (bicyclic) bond motifs is 5. The van der Waals surface area contributed by atoms with Gasteiger partial charge in [-0.3, -0.25) is 9.59 Å². The van der Waals surface area contributed by atoms with Crippen molar-refractivity contribution in [2.75, 3.05) is 6.61 Å². The molecule has 4 rings (SSSR count). The first kappa shape index (κ1) is 21.1. The molecule has 1 aliphatic heterocycles. The van der Waals surface area contributed by atoms with Crippen LogP contribution in [-0.2, 0) is 19.1 Å². The summed E-state index contributed by atoms with van der Waals surface area (Å²) in [5.74, 6) is -1.18. The van der Waals surface area contributed by atoms with Gasteiger partial charge in [0, 0.05) is 10.6 Å². The summed E-state index contributed by atoms with van der Waals surface area (Å²) in [7, 11) is 0. The highest BCUT2D eigenvalue weighted by atomic mass is 79.9. The third kappa shape index (κ3) is 3.78. The normalized spacial score (nSPS) is 26.9. The van der Waals surface area contributed by atoms with E-state index in [9.17, 15) is 14.4 Å². The van der Waals surface area contributed by atoms with Crippen LogP contribution in [-0.4, -0.2) is 41.7 Å². The molecule has 158 valence electrons. The van der Waals surface area contributed by atoms with Crippen molar-refractivity contribution in [1.29, 1.82) is 0 Å². The standard InChI is InChI=1S/C21H20BrClN2O5/c1-10(2)30-16(26)9-29-19-13(6-14(23)7-15(19)22)8-24-25-20(27)17-11-3-4-12(5-11)18(17)21(25)28/h3-4,6-8,10-12,17-18H,5,9H2,1-2H3. The lowest BCUT2D eigenvalue weighted by atomic mass is 9.85. The number of nitrogens with zero attached hydrogens (tertiary/aromatic N) is 2. The van der Waals surface area contributed by atoms with Crippen molar-refractivity contribution in [3.8, 4) is 5.75 Å². The van der Waals surface area contributed by atoms with Crippen LogP contribution in [0.15, 0.2) is 33.9 Å². The van der Waals surface area contributed by atoms with Gasteiger partial charge in [-0.1, -0.05) is 23.8 Å². The Hall–Kier alpha value is -2.19. The van der Waals surface area contributed by atoms with Gasteiger partial charge in [0.25, 0.3) is 11.8 Å². The van der Waals surface area contributed by atoms with Crippen LogP contribution in [0, 0.1) is 23.7 Å². The van der Waals surface area contributed by atoms with Gasteiger partial charge < -0.3 is 9.47 Å². The number of carbonyl (C=O) groups is 3. The molecular weight excluding hydrogens is 476 g/mol. The Kier molecular flexibility index (Phi) is 5.72. The van der Waals surface area contributed by atoms with E-state index in [4.69, 9.17) is 21.1 Å². The molecule has 4 atom stereocenters. The molecule has 1 aromatic rings. The molecule has 1 saturated heterocycles. The zero-order valence-electron chi connectivity index (χ0n) is 16.4. The number of rotatable bonds is 6. The van der Waals surface area contributed by atoms with Crippen molar-refractivity contribution in [1.82, 2.24) is 5.01 Å². The van der Waals surface area contributed by atoms with E-state index in [1.165, 1.54) is 6.21 Å². The molecule has 9 heteroatoms. The molecule has 2 amide bonds. The Morgan fingerprint density at radius 3 is 2.50 bits per heavy atom. The predicted octanol–water partition coefficient (Wildman–Crippen LogP) is 3.57. The van der Waals surface area contributed by atoms with Crippen molar-refractivity contribution in [3.63, 3.8) is 0 Å². The fourth-order valence-corrected chi connectivity index (χ4v) is 5.33. The molecule has 2 fully saturated rings. The van der Waals surface area contributed by atoms with Crippen molar-refractivity contribution >= 4 is 51.5 Å². The minimum atomic E-state index is -0.518. The first-order valence-corrected chi connectivity index (χ1v) is 10.8. The van der Waals surface area contributed by atoms with Crippen LogP contribution < -0.4 is 4.74 Å². The van der Waals surface area contributed by atoms with Gasteiger partial charge >= 0.3 is 5.97 Å². The molecule has 1 heterocycles. The first-order chi connectivity index (χ1) is 14.3. The van der Waals surface area contributed by atoms with Crippen molar-refractivity contribution < 1.29 is 23.9 Å². The van der Waals surface area contributed by atoms with E-state index in [2.05, 4.69) is 21.0 Å². The van der Waals surface area contributed by atoms with E-state index in [1.54, 1.807) is 26.0 Å². The van der Waals surface area contributed by atoms with Crippen molar-refractivity contribution in [3.05, 3.63) is 39.3 Å². The van der Waals surface area contributed by atoms with Crippen molar-refractivity contribution in [2.45, 2.75) is 26.4 Å². The number of benzene rings is 1. The zero-order valence-corrected chi connectivity index (χ0v) is 18.7. The number of ether oxygens (including phenoxy) is 2. The molecule has 7 nitrogen and oxygen atoms in total. The monoisotopic (exact) mass is 494 g/mol. The molecule has 1 aromatic carbocycles. The van der Waals surface area contributed by atoms with E-state index < -0.39 is 5.97 Å². The summed E-state index contributed by atoms with van der Waals surface area (Å²) >= 11 is 9.50. The third-order valence-corrected chi connectivity index (χ3v) is 6.31. The SMILES string of the molecule is CC(C)OC(=O)COc1c(Br)cc(Cl)cc1C=NN1C(=O)C2C3C=CC(C3)C2C1=O. The number of hydrogen-bond acceptors (Lipinski definition) is 6. The summed E-state index contributed by atoms with van der Waals surface area (Å²) < 4.78 is 11.2. The maximum atomic E-state index is 12.8. The molecule has 1 saturated carbocycles. The lowest BCUT2D eigenvalue weighted by molar-refractivity contribution is -0.149. The van der Waals surface area contributed by atoms with Gasteiger partial charge in [0.2, 0.25) is 0 Å². The molecule has 2 aliphatic carbocycles. The van der Waals surface area contributed by atoms with Crippen LogP contribution in [0.1, 0.15) is 25.8 Å². The Morgan fingerprint density at radius 1 is 1.27 bits per heavy atom. The molecule has 0 aromatic heterocycles. The summed E-state index contributed by atoms with van der Waals surface area (Å²) in [4.78, 5) is 37.4. The summed E-state index contributed by atoms with van der Waals surface area (Å²) in [6, 6.07) is 3.19. The van der Waals surface area contributed by atoms with E-state index in [0.717, 1.165) is 11.4 Å². The van der Waals surface area contributed by atoms with Gasteiger partial charge in [-0.15, -0.1) is 0 Å². The summed E-state index contributed by atoms with van der Waals surface area (Å²) in [5, 5.41) is 5.51. The Bertz CT molecular complexity index is 946. The maximum absolute atomic E-state index is 12.8. The number of amides is 2. The number of esters is 1. The highest BCUT2D eigenvalue weighted by molar-refractivity contribution is 9.10. The summed E-state index contributed by atoms with van der Waals surface area (Å²) in [6.07, 6.45) is 6.01. The van der Waals surface area contributed by atoms with Crippen LogP contribution in [0.3, 0.4) is 0 Å². The Balaban J connectivity index is 1.54. The number of hydrazone groups is 1. The topological polar surface area (TPSA) is 85.3 Å². The maximum Gasteiger partial charge on any atom is 0.344 e. The fraction of sp³-hybridized carbons (Fsp3) is 0.429. The molecule has 2 bridgehead atoms. The lowest BCUT2D eigenvalue weighted by Crippen LogP contribution is -2.28. The van der Waals surface area contributed by atoms with Gasteiger partial charge in [-0.05, 0) is 60.2 Å². The zero-order chi connectivity index (χ0) is 21.6. The quantitative estimate of drug-likeness (QED) is 0.261. The van der Waals surface area contributed by atoms with Crippen LogP contribution >= 0.6 is 27.5 Å². The van der Waals surface area contributed by atoms with Crippen LogP contribution in [0.5, 0.6) is 5.75 Å². The van der Waals surface area contributed by atoms with Crippen molar-refractivity contribution in [2.24, 2.45) is 28.8 Å². The number of imide groups is 1.